The molecule has 6 heteroatoms. The van der Waals surface area contributed by atoms with Gasteiger partial charge in [0.15, 0.2) is 0 Å². The molecule has 1 amide bonds. The van der Waals surface area contributed by atoms with Crippen LogP contribution in [0.1, 0.15) is 23.2 Å². The molecule has 1 fully saturated rings. The molecule has 4 nitrogen and oxygen atoms in total. The first-order chi connectivity index (χ1) is 9.52. The van der Waals surface area contributed by atoms with Crippen molar-refractivity contribution in [3.8, 4) is 0 Å². The average molecular weight is 405 g/mol. The predicted molar refractivity (Wildman–Crippen MR) is 82.5 cm³/mol. The highest BCUT2D eigenvalue weighted by Gasteiger charge is 2.28. The Bertz CT molecular complexity index is 525. The van der Waals surface area contributed by atoms with Crippen molar-refractivity contribution in [2.75, 3.05) is 20.2 Å². The lowest BCUT2D eigenvalue weighted by Gasteiger charge is -2.31. The lowest BCUT2D eigenvalue weighted by atomic mass is 9.96. The first kappa shape index (κ1) is 15.5. The van der Waals surface area contributed by atoms with Crippen molar-refractivity contribution in [2.45, 2.75) is 12.8 Å². The highest BCUT2D eigenvalue weighted by molar-refractivity contribution is 9.11. The molecule has 1 heterocycles. The third-order valence-electron chi connectivity index (χ3n) is 3.48. The Labute approximate surface area is 134 Å². The van der Waals surface area contributed by atoms with Gasteiger partial charge in [-0.1, -0.05) is 15.9 Å². The number of hydrogen-bond donors (Lipinski definition) is 0. The van der Waals surface area contributed by atoms with Gasteiger partial charge < -0.3 is 9.64 Å². The highest BCUT2D eigenvalue weighted by Crippen LogP contribution is 2.25. The van der Waals surface area contributed by atoms with E-state index in [-0.39, 0.29) is 17.8 Å². The van der Waals surface area contributed by atoms with Gasteiger partial charge in [0, 0.05) is 22.0 Å². The summed E-state index contributed by atoms with van der Waals surface area (Å²) in [7, 11) is 1.40. The number of halogens is 2. The van der Waals surface area contributed by atoms with Gasteiger partial charge in [0.1, 0.15) is 0 Å². The van der Waals surface area contributed by atoms with Gasteiger partial charge in [-0.15, -0.1) is 0 Å². The first-order valence-electron chi connectivity index (χ1n) is 6.35. The Kier molecular flexibility index (Phi) is 5.21. The number of benzene rings is 1. The summed E-state index contributed by atoms with van der Waals surface area (Å²) < 4.78 is 6.44. The van der Waals surface area contributed by atoms with Crippen LogP contribution in [0.25, 0.3) is 0 Å². The second-order valence-electron chi connectivity index (χ2n) is 4.71. The summed E-state index contributed by atoms with van der Waals surface area (Å²) >= 11 is 6.78. The van der Waals surface area contributed by atoms with E-state index in [0.717, 1.165) is 8.95 Å². The quantitative estimate of drug-likeness (QED) is 0.711. The minimum Gasteiger partial charge on any atom is -0.469 e. The van der Waals surface area contributed by atoms with E-state index in [2.05, 4.69) is 31.9 Å². The van der Waals surface area contributed by atoms with Crippen LogP contribution in [-0.2, 0) is 9.53 Å². The van der Waals surface area contributed by atoms with Crippen molar-refractivity contribution in [3.63, 3.8) is 0 Å². The van der Waals surface area contributed by atoms with Crippen LogP contribution < -0.4 is 0 Å². The largest absolute Gasteiger partial charge is 0.469 e. The molecule has 108 valence electrons. The zero-order chi connectivity index (χ0) is 14.7. The fourth-order valence-corrected chi connectivity index (χ4v) is 3.53. The summed E-state index contributed by atoms with van der Waals surface area (Å²) in [4.78, 5) is 25.7. The molecule has 0 bridgehead atoms. The number of ether oxygens (including phenoxy) is 1. The number of nitrogens with zero attached hydrogens (tertiary/aromatic N) is 1. The minimum atomic E-state index is -0.179. The van der Waals surface area contributed by atoms with E-state index in [1.54, 1.807) is 11.0 Å². The van der Waals surface area contributed by atoms with Crippen LogP contribution in [0.15, 0.2) is 27.1 Å². The average Bonchev–Trinajstić information content (AvgIpc) is 2.46. The van der Waals surface area contributed by atoms with Gasteiger partial charge in [0.25, 0.3) is 5.91 Å². The number of esters is 1. The van der Waals surface area contributed by atoms with Gasteiger partial charge in [0.05, 0.1) is 18.6 Å². The third kappa shape index (κ3) is 3.41. The molecular weight excluding hydrogens is 390 g/mol. The molecule has 0 radical (unpaired) electrons. The molecule has 20 heavy (non-hydrogen) atoms. The molecule has 0 spiro atoms. The van der Waals surface area contributed by atoms with Gasteiger partial charge in [0.2, 0.25) is 0 Å². The number of amides is 1. The van der Waals surface area contributed by atoms with Crippen molar-refractivity contribution in [1.82, 2.24) is 4.90 Å². The van der Waals surface area contributed by atoms with E-state index in [0.29, 0.717) is 31.5 Å². The van der Waals surface area contributed by atoms with Gasteiger partial charge in [-0.05, 0) is 47.0 Å². The Morgan fingerprint density at radius 2 is 1.90 bits per heavy atom. The lowest BCUT2D eigenvalue weighted by Crippen LogP contribution is -2.40. The molecule has 0 saturated carbocycles. The van der Waals surface area contributed by atoms with Crippen molar-refractivity contribution in [1.29, 1.82) is 0 Å². The Morgan fingerprint density at radius 3 is 2.45 bits per heavy atom. The summed E-state index contributed by atoms with van der Waals surface area (Å²) in [5.74, 6) is -0.271. The topological polar surface area (TPSA) is 46.6 Å². The van der Waals surface area contributed by atoms with Crippen molar-refractivity contribution in [2.24, 2.45) is 5.92 Å². The maximum absolute atomic E-state index is 12.4. The summed E-state index contributed by atoms with van der Waals surface area (Å²) in [5, 5.41) is 0. The van der Waals surface area contributed by atoms with E-state index >= 15 is 0 Å². The molecule has 1 aliphatic rings. The van der Waals surface area contributed by atoms with Gasteiger partial charge in [-0.2, -0.15) is 0 Å². The van der Waals surface area contributed by atoms with Crippen molar-refractivity contribution < 1.29 is 14.3 Å². The van der Waals surface area contributed by atoms with Crippen LogP contribution >= 0.6 is 31.9 Å². The Balaban J connectivity index is 2.03. The van der Waals surface area contributed by atoms with E-state index in [1.807, 2.05) is 12.1 Å². The molecule has 2 rings (SSSR count). The maximum atomic E-state index is 12.4. The molecule has 0 aliphatic carbocycles. The SMILES string of the molecule is COC(=O)C1CCN(C(=O)c2ccc(Br)cc2Br)CC1. The van der Waals surface area contributed by atoms with Gasteiger partial charge in [-0.25, -0.2) is 0 Å². The number of piperidine rings is 1. The molecule has 1 saturated heterocycles. The fourth-order valence-electron chi connectivity index (χ4n) is 2.32. The zero-order valence-corrected chi connectivity index (χ0v) is 14.2. The van der Waals surface area contributed by atoms with E-state index < -0.39 is 0 Å². The standard InChI is InChI=1S/C14H15Br2NO3/c1-20-14(19)9-4-6-17(7-5-9)13(18)11-3-2-10(15)8-12(11)16/h2-3,8-9H,4-7H2,1H3. The summed E-state index contributed by atoms with van der Waals surface area (Å²) in [5.41, 5.74) is 0.643. The summed E-state index contributed by atoms with van der Waals surface area (Å²) in [6.45, 7) is 1.17. The Morgan fingerprint density at radius 1 is 1.25 bits per heavy atom. The van der Waals surface area contributed by atoms with Crippen LogP contribution in [-0.4, -0.2) is 37.0 Å². The predicted octanol–water partition coefficient (Wildman–Crippen LogP) is 3.24. The van der Waals surface area contributed by atoms with Crippen LogP contribution in [0.4, 0.5) is 0 Å². The molecule has 0 aromatic heterocycles. The molecule has 0 unspecified atom stereocenters. The van der Waals surface area contributed by atoms with E-state index in [4.69, 9.17) is 4.74 Å². The number of hydrogen-bond acceptors (Lipinski definition) is 3. The van der Waals surface area contributed by atoms with Crippen LogP contribution in [0.3, 0.4) is 0 Å². The molecular formula is C14H15Br2NO3. The maximum Gasteiger partial charge on any atom is 0.308 e. The second kappa shape index (κ2) is 6.72. The van der Waals surface area contributed by atoms with Crippen LogP contribution in [0.2, 0.25) is 0 Å². The first-order valence-corrected chi connectivity index (χ1v) is 7.93. The Hall–Kier alpha value is -0.880. The third-order valence-corrected chi connectivity index (χ3v) is 4.63. The molecule has 0 N–H and O–H groups in total. The number of likely N-dealkylation sites (tertiary alicyclic amines) is 1. The zero-order valence-electron chi connectivity index (χ0n) is 11.1. The number of methoxy groups -OCH3 is 1. The molecule has 1 aromatic rings. The molecule has 1 aromatic carbocycles. The number of carbonyl (C=O) groups excluding carboxylic acids is 2. The van der Waals surface area contributed by atoms with Gasteiger partial charge in [-0.3, -0.25) is 9.59 Å². The number of carbonyl (C=O) groups is 2. The van der Waals surface area contributed by atoms with Crippen LogP contribution in [0, 0.1) is 5.92 Å². The van der Waals surface area contributed by atoms with E-state index in [1.165, 1.54) is 7.11 Å². The van der Waals surface area contributed by atoms with E-state index in [9.17, 15) is 9.59 Å². The second-order valence-corrected chi connectivity index (χ2v) is 6.48. The minimum absolute atomic E-state index is 0.00677. The molecule has 1 aliphatic heterocycles. The monoisotopic (exact) mass is 403 g/mol. The number of rotatable bonds is 2. The fraction of sp³-hybridized carbons (Fsp3) is 0.429. The molecule has 0 atom stereocenters. The summed E-state index contributed by atoms with van der Waals surface area (Å²) in [6.07, 6.45) is 1.32. The smallest absolute Gasteiger partial charge is 0.308 e. The summed E-state index contributed by atoms with van der Waals surface area (Å²) in [6, 6.07) is 5.50. The van der Waals surface area contributed by atoms with Crippen molar-refractivity contribution >= 4 is 43.7 Å². The normalized spacial score (nSPS) is 16.1. The highest BCUT2D eigenvalue weighted by atomic mass is 79.9. The lowest BCUT2D eigenvalue weighted by molar-refractivity contribution is -0.146. The van der Waals surface area contributed by atoms with Crippen LogP contribution in [0.5, 0.6) is 0 Å². The van der Waals surface area contributed by atoms with Gasteiger partial charge >= 0.3 is 5.97 Å². The van der Waals surface area contributed by atoms with Crippen molar-refractivity contribution in [3.05, 3.63) is 32.7 Å².